The molecule has 0 unspecified atom stereocenters. The van der Waals surface area contributed by atoms with Gasteiger partial charge in [-0.25, -0.2) is 4.98 Å². The molecule has 0 bridgehead atoms. The van der Waals surface area contributed by atoms with Crippen molar-refractivity contribution in [3.8, 4) is 10.7 Å². The van der Waals surface area contributed by atoms with Crippen molar-refractivity contribution < 1.29 is 0 Å². The van der Waals surface area contributed by atoms with Crippen LogP contribution in [0.4, 0.5) is 0 Å². The summed E-state index contributed by atoms with van der Waals surface area (Å²) in [5.74, 6) is 0.676. The van der Waals surface area contributed by atoms with Gasteiger partial charge in [0.2, 0.25) is 0 Å². The number of nitrogens with one attached hydrogen (secondary N) is 1. The van der Waals surface area contributed by atoms with Gasteiger partial charge in [-0.05, 0) is 30.5 Å². The van der Waals surface area contributed by atoms with Crippen LogP contribution in [0.25, 0.3) is 10.7 Å². The van der Waals surface area contributed by atoms with Gasteiger partial charge in [-0.15, -0.1) is 11.3 Å². The fourth-order valence-corrected chi connectivity index (χ4v) is 2.81. The summed E-state index contributed by atoms with van der Waals surface area (Å²) in [6.45, 7) is 8.51. The first-order chi connectivity index (χ1) is 9.20. The van der Waals surface area contributed by atoms with E-state index in [4.69, 9.17) is 0 Å². The predicted octanol–water partition coefficient (Wildman–Crippen LogP) is 3.51. The van der Waals surface area contributed by atoms with Gasteiger partial charge in [0.15, 0.2) is 0 Å². The summed E-state index contributed by atoms with van der Waals surface area (Å²) in [7, 11) is 0. The number of thiazole rings is 1. The standard InChI is InChI=1S/C15H21N3S/c1-4-12-6-5-7-17-14(12)15-18-10-13(19-15)9-16-8-11(2)3/h5-7,10-11,16H,4,8-9H2,1-3H3. The monoisotopic (exact) mass is 275 g/mol. The minimum Gasteiger partial charge on any atom is -0.312 e. The SMILES string of the molecule is CCc1cccnc1-c1ncc(CNCC(C)C)s1. The van der Waals surface area contributed by atoms with E-state index < -0.39 is 0 Å². The van der Waals surface area contributed by atoms with Gasteiger partial charge < -0.3 is 5.32 Å². The van der Waals surface area contributed by atoms with Gasteiger partial charge in [-0.1, -0.05) is 26.8 Å². The third kappa shape index (κ3) is 3.85. The molecule has 19 heavy (non-hydrogen) atoms. The lowest BCUT2D eigenvalue weighted by molar-refractivity contribution is 0.554. The lowest BCUT2D eigenvalue weighted by Gasteiger charge is -2.05. The Labute approximate surface area is 119 Å². The predicted molar refractivity (Wildman–Crippen MR) is 81.3 cm³/mol. The Kier molecular flexibility index (Phi) is 5.05. The summed E-state index contributed by atoms with van der Waals surface area (Å²) in [5.41, 5.74) is 2.30. The zero-order chi connectivity index (χ0) is 13.7. The average molecular weight is 275 g/mol. The van der Waals surface area contributed by atoms with Gasteiger partial charge in [0.1, 0.15) is 10.7 Å². The molecular formula is C15H21N3S. The van der Waals surface area contributed by atoms with Crippen molar-refractivity contribution in [2.45, 2.75) is 33.7 Å². The van der Waals surface area contributed by atoms with E-state index in [1.807, 2.05) is 18.5 Å². The van der Waals surface area contributed by atoms with Crippen molar-refractivity contribution in [2.75, 3.05) is 6.54 Å². The number of hydrogen-bond acceptors (Lipinski definition) is 4. The first-order valence-electron chi connectivity index (χ1n) is 6.80. The zero-order valence-corrected chi connectivity index (χ0v) is 12.6. The molecule has 102 valence electrons. The second kappa shape index (κ2) is 6.78. The van der Waals surface area contributed by atoms with Crippen LogP contribution in [-0.2, 0) is 13.0 Å². The van der Waals surface area contributed by atoms with Gasteiger partial charge in [0.05, 0.1) is 0 Å². The zero-order valence-electron chi connectivity index (χ0n) is 11.8. The quantitative estimate of drug-likeness (QED) is 0.876. The van der Waals surface area contributed by atoms with Crippen molar-refractivity contribution >= 4 is 11.3 Å². The van der Waals surface area contributed by atoms with Crippen LogP contribution >= 0.6 is 11.3 Å². The van der Waals surface area contributed by atoms with E-state index >= 15 is 0 Å². The number of aromatic nitrogens is 2. The van der Waals surface area contributed by atoms with Gasteiger partial charge in [-0.3, -0.25) is 4.98 Å². The summed E-state index contributed by atoms with van der Waals surface area (Å²) in [5, 5.41) is 4.47. The molecule has 0 radical (unpaired) electrons. The molecule has 2 heterocycles. The number of rotatable bonds is 6. The molecule has 0 fully saturated rings. The maximum Gasteiger partial charge on any atom is 0.142 e. The number of pyridine rings is 1. The normalized spacial score (nSPS) is 11.2. The molecule has 2 rings (SSSR count). The van der Waals surface area contributed by atoms with E-state index in [9.17, 15) is 0 Å². The second-order valence-electron chi connectivity index (χ2n) is 5.02. The lowest BCUT2D eigenvalue weighted by Crippen LogP contribution is -2.18. The fraction of sp³-hybridized carbons (Fsp3) is 0.467. The molecule has 0 saturated heterocycles. The highest BCUT2D eigenvalue weighted by Crippen LogP contribution is 2.26. The van der Waals surface area contributed by atoms with Gasteiger partial charge in [0, 0.05) is 23.8 Å². The molecule has 3 nitrogen and oxygen atoms in total. The number of nitrogens with zero attached hydrogens (tertiary/aromatic N) is 2. The van der Waals surface area contributed by atoms with E-state index in [2.05, 4.69) is 42.1 Å². The minimum atomic E-state index is 0.676. The van der Waals surface area contributed by atoms with Crippen LogP contribution in [0.3, 0.4) is 0 Å². The molecule has 4 heteroatoms. The molecule has 0 aliphatic heterocycles. The van der Waals surface area contributed by atoms with E-state index in [-0.39, 0.29) is 0 Å². The minimum absolute atomic E-state index is 0.676. The molecule has 0 atom stereocenters. The van der Waals surface area contributed by atoms with Crippen LogP contribution in [0.5, 0.6) is 0 Å². The van der Waals surface area contributed by atoms with Gasteiger partial charge in [-0.2, -0.15) is 0 Å². The second-order valence-corrected chi connectivity index (χ2v) is 6.14. The maximum atomic E-state index is 4.51. The Balaban J connectivity index is 2.08. The molecule has 2 aromatic heterocycles. The summed E-state index contributed by atoms with van der Waals surface area (Å²) in [6, 6.07) is 4.11. The van der Waals surface area contributed by atoms with E-state index in [1.54, 1.807) is 11.3 Å². The van der Waals surface area contributed by atoms with Crippen molar-refractivity contribution in [2.24, 2.45) is 5.92 Å². The highest BCUT2D eigenvalue weighted by molar-refractivity contribution is 7.15. The van der Waals surface area contributed by atoms with Crippen LogP contribution < -0.4 is 5.32 Å². The van der Waals surface area contributed by atoms with E-state index in [0.717, 1.165) is 30.2 Å². The van der Waals surface area contributed by atoms with Crippen LogP contribution in [0.15, 0.2) is 24.5 Å². The Bertz CT molecular complexity index is 520. The third-order valence-electron chi connectivity index (χ3n) is 2.88. The Morgan fingerprint density at radius 2 is 2.16 bits per heavy atom. The summed E-state index contributed by atoms with van der Waals surface area (Å²) in [4.78, 5) is 10.2. The first-order valence-corrected chi connectivity index (χ1v) is 7.62. The Hall–Kier alpha value is -1.26. The Morgan fingerprint density at radius 1 is 1.32 bits per heavy atom. The highest BCUT2D eigenvalue weighted by atomic mass is 32.1. The first kappa shape index (κ1) is 14.2. The fourth-order valence-electron chi connectivity index (χ4n) is 1.90. The largest absolute Gasteiger partial charge is 0.312 e. The number of hydrogen-bond donors (Lipinski definition) is 1. The molecule has 1 N–H and O–H groups in total. The van der Waals surface area contributed by atoms with Gasteiger partial charge in [0.25, 0.3) is 0 Å². The van der Waals surface area contributed by atoms with Crippen molar-refractivity contribution in [3.63, 3.8) is 0 Å². The molecule has 0 spiro atoms. The highest BCUT2D eigenvalue weighted by Gasteiger charge is 2.09. The molecule has 0 aromatic carbocycles. The Morgan fingerprint density at radius 3 is 2.89 bits per heavy atom. The van der Waals surface area contributed by atoms with Crippen LogP contribution in [-0.4, -0.2) is 16.5 Å². The topological polar surface area (TPSA) is 37.8 Å². The van der Waals surface area contributed by atoms with Crippen LogP contribution in [0, 0.1) is 5.92 Å². The maximum absolute atomic E-state index is 4.51. The number of aryl methyl sites for hydroxylation is 1. The summed E-state index contributed by atoms with van der Waals surface area (Å²) < 4.78 is 0. The van der Waals surface area contributed by atoms with Crippen LogP contribution in [0.2, 0.25) is 0 Å². The molecule has 2 aromatic rings. The van der Waals surface area contributed by atoms with Crippen LogP contribution in [0.1, 0.15) is 31.2 Å². The van der Waals surface area contributed by atoms with E-state index in [0.29, 0.717) is 5.92 Å². The molecule has 0 amide bonds. The summed E-state index contributed by atoms with van der Waals surface area (Å²) >= 11 is 1.73. The van der Waals surface area contributed by atoms with Crippen molar-refractivity contribution in [3.05, 3.63) is 35.0 Å². The van der Waals surface area contributed by atoms with E-state index in [1.165, 1.54) is 10.4 Å². The van der Waals surface area contributed by atoms with Gasteiger partial charge >= 0.3 is 0 Å². The summed E-state index contributed by atoms with van der Waals surface area (Å²) in [6.07, 6.45) is 4.79. The van der Waals surface area contributed by atoms with Crippen molar-refractivity contribution in [1.82, 2.24) is 15.3 Å². The molecule has 0 aliphatic rings. The lowest BCUT2D eigenvalue weighted by atomic mass is 10.1. The molecular weight excluding hydrogens is 254 g/mol. The van der Waals surface area contributed by atoms with Crippen molar-refractivity contribution in [1.29, 1.82) is 0 Å². The third-order valence-corrected chi connectivity index (χ3v) is 3.88. The molecule has 0 aliphatic carbocycles. The smallest absolute Gasteiger partial charge is 0.142 e. The molecule has 0 saturated carbocycles. The average Bonchev–Trinajstić information content (AvgIpc) is 2.87.